The topological polar surface area (TPSA) is 55.4 Å². The molecule has 0 aliphatic rings. The lowest BCUT2D eigenvalue weighted by Gasteiger charge is -2.16. The molecule has 0 saturated carbocycles. The highest BCUT2D eigenvalue weighted by atomic mass is 16.5. The quantitative estimate of drug-likeness (QED) is 0.840. The van der Waals surface area contributed by atoms with E-state index in [4.69, 9.17) is 4.74 Å². The van der Waals surface area contributed by atoms with Crippen LogP contribution in [0.1, 0.15) is 52.5 Å². The first-order valence-electron chi connectivity index (χ1n) is 7.66. The maximum Gasteiger partial charge on any atom is 0.338 e. The number of amides is 1. The number of benzene rings is 2. The van der Waals surface area contributed by atoms with Crippen molar-refractivity contribution in [1.82, 2.24) is 0 Å². The third kappa shape index (κ3) is 3.77. The maximum absolute atomic E-state index is 12.6. The fraction of sp³-hybridized carbons (Fsp3) is 0.263. The van der Waals surface area contributed by atoms with Gasteiger partial charge < -0.3 is 10.1 Å². The third-order valence-corrected chi connectivity index (χ3v) is 3.93. The van der Waals surface area contributed by atoms with Gasteiger partial charge in [0.1, 0.15) is 0 Å². The zero-order valence-electron chi connectivity index (χ0n) is 13.6. The number of anilines is 1. The number of carbonyl (C=O) groups excluding carboxylic acids is 2. The minimum atomic E-state index is -0.522. The van der Waals surface area contributed by atoms with Gasteiger partial charge in [0.05, 0.1) is 18.2 Å². The van der Waals surface area contributed by atoms with E-state index in [9.17, 15) is 9.59 Å². The molecule has 0 saturated heterocycles. The summed E-state index contributed by atoms with van der Waals surface area (Å²) in [6.45, 7) is 4.23. The molecule has 0 fully saturated rings. The van der Waals surface area contributed by atoms with Gasteiger partial charge in [-0.3, -0.25) is 4.79 Å². The van der Waals surface area contributed by atoms with Crippen molar-refractivity contribution in [2.75, 3.05) is 12.4 Å². The molecule has 0 heterocycles. The highest BCUT2D eigenvalue weighted by molar-refractivity contribution is 6.11. The van der Waals surface area contributed by atoms with Crippen molar-refractivity contribution < 1.29 is 14.3 Å². The summed E-state index contributed by atoms with van der Waals surface area (Å²) in [5.41, 5.74) is 2.41. The predicted octanol–water partition coefficient (Wildman–Crippen LogP) is 4.24. The second-order valence-corrected chi connectivity index (χ2v) is 5.39. The van der Waals surface area contributed by atoms with Gasteiger partial charge in [0.15, 0.2) is 0 Å². The summed E-state index contributed by atoms with van der Waals surface area (Å²) >= 11 is 0. The first-order chi connectivity index (χ1) is 11.1. The number of para-hydroxylation sites is 1. The van der Waals surface area contributed by atoms with Crippen molar-refractivity contribution >= 4 is 17.6 Å². The smallest absolute Gasteiger partial charge is 0.338 e. The average Bonchev–Trinajstić information content (AvgIpc) is 2.60. The van der Waals surface area contributed by atoms with E-state index >= 15 is 0 Å². The number of methoxy groups -OCH3 is 1. The molecule has 0 aliphatic carbocycles. The molecule has 1 atom stereocenters. The van der Waals surface area contributed by atoms with Crippen LogP contribution < -0.4 is 5.32 Å². The Hall–Kier alpha value is -2.62. The zero-order valence-corrected chi connectivity index (χ0v) is 13.6. The molecule has 0 spiro atoms. The standard InChI is InChI=1S/C19H21NO3/c1-4-13(2)14-9-7-8-12-17(14)20-18(21)15-10-5-6-11-16(15)19(22)23-3/h5-13H,4H2,1-3H3,(H,20,21). The molecule has 0 aliphatic heterocycles. The molecule has 2 aromatic carbocycles. The van der Waals surface area contributed by atoms with Crippen LogP contribution in [0, 0.1) is 0 Å². The Bertz CT molecular complexity index is 709. The lowest BCUT2D eigenvalue weighted by molar-refractivity contribution is 0.0597. The van der Waals surface area contributed by atoms with Gasteiger partial charge >= 0.3 is 5.97 Å². The molecule has 23 heavy (non-hydrogen) atoms. The van der Waals surface area contributed by atoms with Gasteiger partial charge in [-0.25, -0.2) is 4.79 Å². The fourth-order valence-electron chi connectivity index (χ4n) is 2.42. The molecule has 1 unspecified atom stereocenters. The minimum absolute atomic E-state index is 0.258. The molecule has 0 bridgehead atoms. The van der Waals surface area contributed by atoms with Gasteiger partial charge in [0, 0.05) is 5.69 Å². The second kappa shape index (κ2) is 7.58. The molecule has 1 amide bonds. The number of rotatable bonds is 5. The monoisotopic (exact) mass is 311 g/mol. The van der Waals surface area contributed by atoms with E-state index in [0.29, 0.717) is 11.5 Å². The number of ether oxygens (including phenoxy) is 1. The van der Waals surface area contributed by atoms with Crippen LogP contribution in [0.5, 0.6) is 0 Å². The van der Waals surface area contributed by atoms with E-state index in [1.54, 1.807) is 24.3 Å². The van der Waals surface area contributed by atoms with Crippen molar-refractivity contribution in [3.05, 3.63) is 65.2 Å². The summed E-state index contributed by atoms with van der Waals surface area (Å²) in [5.74, 6) is -0.505. The molecule has 2 aromatic rings. The fourth-order valence-corrected chi connectivity index (χ4v) is 2.42. The van der Waals surface area contributed by atoms with Gasteiger partial charge in [-0.05, 0) is 36.1 Å². The molecule has 0 aromatic heterocycles. The van der Waals surface area contributed by atoms with Crippen LogP contribution in [0.3, 0.4) is 0 Å². The largest absolute Gasteiger partial charge is 0.465 e. The molecular formula is C19H21NO3. The number of carbonyl (C=O) groups is 2. The van der Waals surface area contributed by atoms with Gasteiger partial charge in [0.25, 0.3) is 5.91 Å². The molecule has 1 N–H and O–H groups in total. The average molecular weight is 311 g/mol. The summed E-state index contributed by atoms with van der Waals surface area (Å²) in [5, 5.41) is 2.91. The van der Waals surface area contributed by atoms with Gasteiger partial charge in [-0.15, -0.1) is 0 Å². The van der Waals surface area contributed by atoms with Gasteiger partial charge in [-0.1, -0.05) is 44.2 Å². The normalized spacial score (nSPS) is 11.6. The predicted molar refractivity (Wildman–Crippen MR) is 90.9 cm³/mol. The van der Waals surface area contributed by atoms with Crippen molar-refractivity contribution in [2.45, 2.75) is 26.2 Å². The van der Waals surface area contributed by atoms with Crippen LogP contribution in [0.4, 0.5) is 5.69 Å². The van der Waals surface area contributed by atoms with E-state index in [-0.39, 0.29) is 11.5 Å². The number of hydrogen-bond donors (Lipinski definition) is 1. The second-order valence-electron chi connectivity index (χ2n) is 5.39. The Labute approximate surface area is 136 Å². The van der Waals surface area contributed by atoms with Crippen LogP contribution in [-0.4, -0.2) is 19.0 Å². The lowest BCUT2D eigenvalue weighted by Crippen LogP contribution is -2.18. The Kier molecular flexibility index (Phi) is 5.52. The van der Waals surface area contributed by atoms with Crippen LogP contribution in [0.25, 0.3) is 0 Å². The van der Waals surface area contributed by atoms with Crippen LogP contribution in [0.2, 0.25) is 0 Å². The molecule has 4 heteroatoms. The van der Waals surface area contributed by atoms with Crippen LogP contribution in [-0.2, 0) is 4.74 Å². The molecule has 0 radical (unpaired) electrons. The molecule has 4 nitrogen and oxygen atoms in total. The first-order valence-corrected chi connectivity index (χ1v) is 7.66. The summed E-state index contributed by atoms with van der Waals surface area (Å²) < 4.78 is 4.74. The van der Waals surface area contributed by atoms with E-state index in [2.05, 4.69) is 19.2 Å². The summed E-state index contributed by atoms with van der Waals surface area (Å²) in [7, 11) is 1.30. The first kappa shape index (κ1) is 16.7. The molecule has 120 valence electrons. The molecule has 2 rings (SSSR count). The highest BCUT2D eigenvalue weighted by Crippen LogP contribution is 2.27. The van der Waals surface area contributed by atoms with Gasteiger partial charge in [-0.2, -0.15) is 0 Å². The van der Waals surface area contributed by atoms with Crippen LogP contribution >= 0.6 is 0 Å². The maximum atomic E-state index is 12.6. The van der Waals surface area contributed by atoms with Crippen molar-refractivity contribution in [2.24, 2.45) is 0 Å². The van der Waals surface area contributed by atoms with Gasteiger partial charge in [0.2, 0.25) is 0 Å². The van der Waals surface area contributed by atoms with Crippen molar-refractivity contribution in [3.63, 3.8) is 0 Å². The molecular weight excluding hydrogens is 290 g/mol. The Morgan fingerprint density at radius 1 is 1.04 bits per heavy atom. The van der Waals surface area contributed by atoms with E-state index in [0.717, 1.165) is 17.7 Å². The highest BCUT2D eigenvalue weighted by Gasteiger charge is 2.18. The summed E-state index contributed by atoms with van der Waals surface area (Å²) in [6.07, 6.45) is 0.978. The third-order valence-electron chi connectivity index (χ3n) is 3.93. The zero-order chi connectivity index (χ0) is 16.8. The Morgan fingerprint density at radius 3 is 2.30 bits per heavy atom. The summed E-state index contributed by atoms with van der Waals surface area (Å²) in [6, 6.07) is 14.4. The Balaban J connectivity index is 2.33. The number of nitrogens with one attached hydrogen (secondary N) is 1. The Morgan fingerprint density at radius 2 is 1.65 bits per heavy atom. The van der Waals surface area contributed by atoms with Crippen molar-refractivity contribution in [1.29, 1.82) is 0 Å². The number of hydrogen-bond acceptors (Lipinski definition) is 3. The van der Waals surface area contributed by atoms with E-state index in [1.165, 1.54) is 7.11 Å². The van der Waals surface area contributed by atoms with E-state index < -0.39 is 5.97 Å². The number of esters is 1. The summed E-state index contributed by atoms with van der Waals surface area (Å²) in [4.78, 5) is 24.4. The van der Waals surface area contributed by atoms with Crippen molar-refractivity contribution in [3.8, 4) is 0 Å². The minimum Gasteiger partial charge on any atom is -0.465 e. The lowest BCUT2D eigenvalue weighted by atomic mass is 9.96. The van der Waals surface area contributed by atoms with E-state index in [1.807, 2.05) is 24.3 Å². The SMILES string of the molecule is CCC(C)c1ccccc1NC(=O)c1ccccc1C(=O)OC. The van der Waals surface area contributed by atoms with Crippen LogP contribution in [0.15, 0.2) is 48.5 Å².